The van der Waals surface area contributed by atoms with Gasteiger partial charge in [-0.05, 0) is 29.7 Å². The second-order valence-electron chi connectivity index (χ2n) is 4.82. The van der Waals surface area contributed by atoms with Gasteiger partial charge in [0, 0.05) is 11.6 Å². The Morgan fingerprint density at radius 3 is 2.80 bits per heavy atom. The first-order valence-electron chi connectivity index (χ1n) is 6.57. The normalized spacial score (nSPS) is 12.5. The Bertz CT molecular complexity index is 709. The Labute approximate surface area is 127 Å². The van der Waals surface area contributed by atoms with Crippen LogP contribution in [0.3, 0.4) is 0 Å². The van der Waals surface area contributed by atoms with E-state index < -0.39 is 0 Å². The maximum Gasteiger partial charge on any atom is 0.183 e. The molecule has 1 atom stereocenters. The van der Waals surface area contributed by atoms with Crippen molar-refractivity contribution in [2.45, 2.75) is 12.8 Å². The lowest BCUT2D eigenvalue weighted by molar-refractivity contribution is 0.804. The zero-order valence-corrected chi connectivity index (χ0v) is 12.7. The van der Waals surface area contributed by atoms with Crippen LogP contribution in [0.25, 0.3) is 10.2 Å². The molecular weight excluding hydrogens is 288 g/mol. The second-order valence-corrected chi connectivity index (χ2v) is 6.29. The molecule has 0 aliphatic rings. The summed E-state index contributed by atoms with van der Waals surface area (Å²) in [6.07, 6.45) is 0. The zero-order chi connectivity index (χ0) is 13.9. The molecule has 0 bridgehead atoms. The van der Waals surface area contributed by atoms with Crippen LogP contribution in [-0.4, -0.2) is 11.5 Å². The molecule has 1 unspecified atom stereocenters. The van der Waals surface area contributed by atoms with Gasteiger partial charge in [-0.2, -0.15) is 0 Å². The molecule has 1 N–H and O–H groups in total. The molecule has 0 aliphatic heterocycles. The Morgan fingerprint density at radius 1 is 1.20 bits per heavy atom. The number of halogens is 1. The van der Waals surface area contributed by atoms with Crippen LogP contribution in [0, 0.1) is 0 Å². The Balaban J connectivity index is 1.71. The summed E-state index contributed by atoms with van der Waals surface area (Å²) in [4.78, 5) is 4.56. The van der Waals surface area contributed by atoms with Gasteiger partial charge in [-0.15, -0.1) is 0 Å². The van der Waals surface area contributed by atoms with Gasteiger partial charge in [0.1, 0.15) is 0 Å². The van der Waals surface area contributed by atoms with E-state index in [0.29, 0.717) is 5.92 Å². The third kappa shape index (κ3) is 2.94. The van der Waals surface area contributed by atoms with Crippen molar-refractivity contribution in [1.29, 1.82) is 0 Å². The lowest BCUT2D eigenvalue weighted by Gasteiger charge is -2.11. The highest BCUT2D eigenvalue weighted by Gasteiger charge is 2.07. The number of benzene rings is 2. The fourth-order valence-electron chi connectivity index (χ4n) is 2.12. The van der Waals surface area contributed by atoms with Crippen LogP contribution in [0.2, 0.25) is 5.02 Å². The lowest BCUT2D eigenvalue weighted by Crippen LogP contribution is -2.09. The van der Waals surface area contributed by atoms with E-state index in [-0.39, 0.29) is 0 Å². The van der Waals surface area contributed by atoms with Gasteiger partial charge in [0.2, 0.25) is 0 Å². The SMILES string of the molecule is CC(CNc1nc2cc(Cl)ccc2s1)c1ccccc1. The number of fused-ring (bicyclic) bond motifs is 1. The summed E-state index contributed by atoms with van der Waals surface area (Å²) >= 11 is 7.64. The summed E-state index contributed by atoms with van der Waals surface area (Å²) in [7, 11) is 0. The van der Waals surface area contributed by atoms with Gasteiger partial charge in [0.15, 0.2) is 5.13 Å². The van der Waals surface area contributed by atoms with Gasteiger partial charge >= 0.3 is 0 Å². The number of thiazole rings is 1. The molecule has 0 aliphatic carbocycles. The van der Waals surface area contributed by atoms with Gasteiger partial charge in [-0.25, -0.2) is 4.98 Å². The van der Waals surface area contributed by atoms with Crippen molar-refractivity contribution in [3.05, 3.63) is 59.1 Å². The van der Waals surface area contributed by atoms with Gasteiger partial charge < -0.3 is 5.32 Å². The van der Waals surface area contributed by atoms with E-state index in [1.165, 1.54) is 5.56 Å². The van der Waals surface area contributed by atoms with E-state index in [2.05, 4.69) is 41.5 Å². The Hall–Kier alpha value is -1.58. The third-order valence-electron chi connectivity index (χ3n) is 3.28. The summed E-state index contributed by atoms with van der Waals surface area (Å²) in [6, 6.07) is 16.3. The average Bonchev–Trinajstić information content (AvgIpc) is 2.87. The minimum absolute atomic E-state index is 0.451. The fourth-order valence-corrected chi connectivity index (χ4v) is 3.14. The molecular formula is C16H15ClN2S. The fraction of sp³-hybridized carbons (Fsp3) is 0.188. The quantitative estimate of drug-likeness (QED) is 0.719. The van der Waals surface area contributed by atoms with Crippen molar-refractivity contribution >= 4 is 38.3 Å². The molecule has 0 spiro atoms. The molecule has 1 aromatic heterocycles. The number of nitrogens with one attached hydrogen (secondary N) is 1. The molecule has 0 fully saturated rings. The first-order chi connectivity index (χ1) is 9.72. The van der Waals surface area contributed by atoms with Crippen molar-refractivity contribution in [1.82, 2.24) is 4.98 Å². The summed E-state index contributed by atoms with van der Waals surface area (Å²) < 4.78 is 1.16. The summed E-state index contributed by atoms with van der Waals surface area (Å²) in [6.45, 7) is 3.09. The predicted octanol–water partition coefficient (Wildman–Crippen LogP) is 5.17. The van der Waals surface area contributed by atoms with E-state index in [0.717, 1.165) is 26.9 Å². The van der Waals surface area contributed by atoms with E-state index in [4.69, 9.17) is 11.6 Å². The van der Waals surface area contributed by atoms with Crippen LogP contribution in [0.5, 0.6) is 0 Å². The summed E-state index contributed by atoms with van der Waals surface area (Å²) in [5.74, 6) is 0.451. The maximum absolute atomic E-state index is 5.98. The highest BCUT2D eigenvalue weighted by atomic mass is 35.5. The van der Waals surface area contributed by atoms with Crippen molar-refractivity contribution in [3.63, 3.8) is 0 Å². The van der Waals surface area contributed by atoms with Crippen LogP contribution in [0.1, 0.15) is 18.4 Å². The van der Waals surface area contributed by atoms with Gasteiger partial charge in [0.25, 0.3) is 0 Å². The molecule has 20 heavy (non-hydrogen) atoms. The van der Waals surface area contributed by atoms with Crippen molar-refractivity contribution in [2.75, 3.05) is 11.9 Å². The maximum atomic E-state index is 5.98. The molecule has 0 saturated heterocycles. The van der Waals surface area contributed by atoms with Crippen LogP contribution < -0.4 is 5.32 Å². The zero-order valence-electron chi connectivity index (χ0n) is 11.1. The Morgan fingerprint density at radius 2 is 2.00 bits per heavy atom. The topological polar surface area (TPSA) is 24.9 Å². The second kappa shape index (κ2) is 5.81. The molecule has 3 rings (SSSR count). The number of hydrogen-bond acceptors (Lipinski definition) is 3. The number of rotatable bonds is 4. The van der Waals surface area contributed by atoms with E-state index in [1.54, 1.807) is 11.3 Å². The highest BCUT2D eigenvalue weighted by molar-refractivity contribution is 7.22. The van der Waals surface area contributed by atoms with Gasteiger partial charge in [0.05, 0.1) is 10.2 Å². The number of hydrogen-bond donors (Lipinski definition) is 1. The number of nitrogens with zero attached hydrogens (tertiary/aromatic N) is 1. The molecule has 3 aromatic rings. The van der Waals surface area contributed by atoms with E-state index >= 15 is 0 Å². The van der Waals surface area contributed by atoms with Crippen LogP contribution in [0.15, 0.2) is 48.5 Å². The lowest BCUT2D eigenvalue weighted by atomic mass is 10.0. The molecule has 2 nitrogen and oxygen atoms in total. The minimum Gasteiger partial charge on any atom is -0.361 e. The van der Waals surface area contributed by atoms with E-state index in [9.17, 15) is 0 Å². The molecule has 4 heteroatoms. The largest absolute Gasteiger partial charge is 0.361 e. The van der Waals surface area contributed by atoms with E-state index in [1.807, 2.05) is 24.3 Å². The Kier molecular flexibility index (Phi) is 3.90. The number of aromatic nitrogens is 1. The van der Waals surface area contributed by atoms with Crippen LogP contribution >= 0.6 is 22.9 Å². The minimum atomic E-state index is 0.451. The van der Waals surface area contributed by atoms with Gasteiger partial charge in [-0.3, -0.25) is 0 Å². The number of anilines is 1. The molecule has 1 heterocycles. The summed E-state index contributed by atoms with van der Waals surface area (Å²) in [5.41, 5.74) is 2.29. The highest BCUT2D eigenvalue weighted by Crippen LogP contribution is 2.28. The molecule has 0 saturated carbocycles. The van der Waals surface area contributed by atoms with Crippen LogP contribution in [0.4, 0.5) is 5.13 Å². The molecule has 0 amide bonds. The smallest absolute Gasteiger partial charge is 0.183 e. The summed E-state index contributed by atoms with van der Waals surface area (Å²) in [5, 5.41) is 5.09. The van der Waals surface area contributed by atoms with Crippen molar-refractivity contribution in [3.8, 4) is 0 Å². The van der Waals surface area contributed by atoms with Gasteiger partial charge in [-0.1, -0.05) is 60.2 Å². The average molecular weight is 303 g/mol. The monoisotopic (exact) mass is 302 g/mol. The van der Waals surface area contributed by atoms with Crippen LogP contribution in [-0.2, 0) is 0 Å². The van der Waals surface area contributed by atoms with Crippen molar-refractivity contribution < 1.29 is 0 Å². The molecule has 0 radical (unpaired) electrons. The predicted molar refractivity (Wildman–Crippen MR) is 88.0 cm³/mol. The first kappa shape index (κ1) is 13.4. The standard InChI is InChI=1S/C16H15ClN2S/c1-11(12-5-3-2-4-6-12)10-18-16-19-14-9-13(17)7-8-15(14)20-16/h2-9,11H,10H2,1H3,(H,18,19). The molecule has 102 valence electrons. The third-order valence-corrected chi connectivity index (χ3v) is 4.51. The molecule has 2 aromatic carbocycles. The van der Waals surface area contributed by atoms with Crippen molar-refractivity contribution in [2.24, 2.45) is 0 Å². The first-order valence-corrected chi connectivity index (χ1v) is 7.77.